The van der Waals surface area contributed by atoms with E-state index in [1.807, 2.05) is 19.9 Å². The van der Waals surface area contributed by atoms with E-state index in [0.29, 0.717) is 29.0 Å². The second-order valence-corrected chi connectivity index (χ2v) is 8.28. The van der Waals surface area contributed by atoms with Gasteiger partial charge < -0.3 is 25.6 Å². The van der Waals surface area contributed by atoms with Gasteiger partial charge in [-0.1, -0.05) is 18.2 Å². The van der Waals surface area contributed by atoms with E-state index in [-0.39, 0.29) is 24.5 Å². The number of ether oxygens (including phenoxy) is 1. The fourth-order valence-corrected chi connectivity index (χ4v) is 3.13. The Kier molecular flexibility index (Phi) is 7.66. The molecule has 0 bridgehead atoms. The van der Waals surface area contributed by atoms with Crippen LogP contribution in [0.2, 0.25) is 0 Å². The molecule has 0 spiro atoms. The number of amides is 2. The minimum Gasteiger partial charge on any atom is -0.490 e. The number of carbonyl (C=O) groups is 2. The van der Waals surface area contributed by atoms with Gasteiger partial charge in [0.15, 0.2) is 0 Å². The van der Waals surface area contributed by atoms with Crippen molar-refractivity contribution in [2.24, 2.45) is 0 Å². The summed E-state index contributed by atoms with van der Waals surface area (Å²) in [5.41, 5.74) is 4.17. The zero-order valence-corrected chi connectivity index (χ0v) is 18.5. The highest BCUT2D eigenvalue weighted by molar-refractivity contribution is 5.98. The first kappa shape index (κ1) is 23.5. The Morgan fingerprint density at radius 1 is 1.12 bits per heavy atom. The summed E-state index contributed by atoms with van der Waals surface area (Å²) in [5, 5.41) is 24.7. The van der Waals surface area contributed by atoms with Crippen LogP contribution in [0.5, 0.6) is 5.75 Å². The van der Waals surface area contributed by atoms with Gasteiger partial charge >= 0.3 is 0 Å². The van der Waals surface area contributed by atoms with Crippen LogP contribution in [-0.2, 0) is 0 Å². The fraction of sp³-hybridized carbons (Fsp3) is 0.360. The molecule has 1 atom stereocenters. The molecular weight excluding hydrogens is 408 g/mol. The van der Waals surface area contributed by atoms with Crippen molar-refractivity contribution in [3.8, 4) is 16.9 Å². The molecule has 170 valence electrons. The van der Waals surface area contributed by atoms with Gasteiger partial charge in [0.2, 0.25) is 0 Å². The molecule has 2 aromatic carbocycles. The SMILES string of the molecule is C=C(C)CNC(=O)c1ccc(-c2cc(C(=O)NC3CC3)ccc2C)c(OCC(O)CO)c1. The number of nitrogens with one attached hydrogen (secondary N) is 2. The maximum atomic E-state index is 12.5. The largest absolute Gasteiger partial charge is 0.490 e. The summed E-state index contributed by atoms with van der Waals surface area (Å²) >= 11 is 0. The van der Waals surface area contributed by atoms with Gasteiger partial charge in [-0.15, -0.1) is 0 Å². The van der Waals surface area contributed by atoms with Gasteiger partial charge in [-0.05, 0) is 68.1 Å². The predicted octanol–water partition coefficient (Wildman–Crippen LogP) is 2.59. The lowest BCUT2D eigenvalue weighted by Gasteiger charge is -2.17. The van der Waals surface area contributed by atoms with Gasteiger partial charge in [-0.25, -0.2) is 0 Å². The van der Waals surface area contributed by atoms with Gasteiger partial charge in [-0.2, -0.15) is 0 Å². The van der Waals surface area contributed by atoms with Gasteiger partial charge in [0.05, 0.1) is 6.61 Å². The first-order valence-electron chi connectivity index (χ1n) is 10.7. The number of hydrogen-bond donors (Lipinski definition) is 4. The van der Waals surface area contributed by atoms with Crippen molar-refractivity contribution in [2.75, 3.05) is 19.8 Å². The third-order valence-corrected chi connectivity index (χ3v) is 5.14. The molecule has 0 heterocycles. The van der Waals surface area contributed by atoms with Crippen LogP contribution in [-0.4, -0.2) is 53.9 Å². The van der Waals surface area contributed by atoms with Crippen LogP contribution in [0, 0.1) is 6.92 Å². The Labute approximate surface area is 188 Å². The smallest absolute Gasteiger partial charge is 0.251 e. The standard InChI is InChI=1S/C25H30N2O5/c1-15(2)12-26-24(30)18-6-9-21(23(11-18)32-14-20(29)13-28)22-10-17(5-4-16(22)3)25(31)27-19-7-8-19/h4-6,9-11,19-20,28-29H,1,7-8,12-14H2,2-3H3,(H,26,30)(H,27,31). The van der Waals surface area contributed by atoms with Gasteiger partial charge in [-0.3, -0.25) is 9.59 Å². The minimum atomic E-state index is -1.06. The minimum absolute atomic E-state index is 0.122. The van der Waals surface area contributed by atoms with Crippen LogP contribution >= 0.6 is 0 Å². The third kappa shape index (κ3) is 6.18. The first-order valence-corrected chi connectivity index (χ1v) is 10.7. The molecule has 7 heteroatoms. The Morgan fingerprint density at radius 2 is 1.81 bits per heavy atom. The highest BCUT2D eigenvalue weighted by atomic mass is 16.5. The summed E-state index contributed by atoms with van der Waals surface area (Å²) in [6.45, 7) is 7.31. The summed E-state index contributed by atoms with van der Waals surface area (Å²) in [7, 11) is 0. The van der Waals surface area contributed by atoms with Gasteiger partial charge in [0.1, 0.15) is 18.5 Å². The molecule has 1 aliphatic carbocycles. The molecular formula is C25H30N2O5. The Hall–Kier alpha value is -3.16. The lowest BCUT2D eigenvalue weighted by atomic mass is 9.96. The zero-order chi connectivity index (χ0) is 23.3. The van der Waals surface area contributed by atoms with Crippen LogP contribution in [0.15, 0.2) is 48.6 Å². The average molecular weight is 439 g/mol. The molecule has 2 amide bonds. The van der Waals surface area contributed by atoms with Crippen LogP contribution in [0.4, 0.5) is 0 Å². The number of rotatable bonds is 10. The van der Waals surface area contributed by atoms with Crippen molar-refractivity contribution < 1.29 is 24.5 Å². The molecule has 0 aromatic heterocycles. The molecule has 4 N–H and O–H groups in total. The van der Waals surface area contributed by atoms with E-state index in [4.69, 9.17) is 9.84 Å². The summed E-state index contributed by atoms with van der Waals surface area (Å²) in [6.07, 6.45) is 0.954. The summed E-state index contributed by atoms with van der Waals surface area (Å²) in [5.74, 6) is -0.0209. The van der Waals surface area contributed by atoms with Crippen molar-refractivity contribution in [1.29, 1.82) is 0 Å². The van der Waals surface area contributed by atoms with E-state index in [2.05, 4.69) is 17.2 Å². The van der Waals surface area contributed by atoms with Crippen molar-refractivity contribution >= 4 is 11.8 Å². The van der Waals surface area contributed by atoms with Crippen molar-refractivity contribution in [3.63, 3.8) is 0 Å². The van der Waals surface area contributed by atoms with E-state index < -0.39 is 12.7 Å². The van der Waals surface area contributed by atoms with E-state index in [9.17, 15) is 14.7 Å². The van der Waals surface area contributed by atoms with Crippen molar-refractivity contribution in [3.05, 3.63) is 65.2 Å². The van der Waals surface area contributed by atoms with Crippen molar-refractivity contribution in [2.45, 2.75) is 38.8 Å². The highest BCUT2D eigenvalue weighted by Gasteiger charge is 2.24. The molecule has 1 unspecified atom stereocenters. The molecule has 1 fully saturated rings. The maximum absolute atomic E-state index is 12.5. The second-order valence-electron chi connectivity index (χ2n) is 8.28. The Balaban J connectivity index is 1.95. The van der Waals surface area contributed by atoms with Gasteiger partial charge in [0, 0.05) is 29.3 Å². The molecule has 1 saturated carbocycles. The second kappa shape index (κ2) is 10.4. The van der Waals surface area contributed by atoms with Gasteiger partial charge in [0.25, 0.3) is 11.8 Å². The predicted molar refractivity (Wildman–Crippen MR) is 123 cm³/mol. The van der Waals surface area contributed by atoms with Crippen LogP contribution < -0.4 is 15.4 Å². The van der Waals surface area contributed by atoms with Crippen LogP contribution in [0.1, 0.15) is 46.0 Å². The van der Waals surface area contributed by atoms with Crippen LogP contribution in [0.25, 0.3) is 11.1 Å². The number of aliphatic hydroxyl groups is 2. The molecule has 32 heavy (non-hydrogen) atoms. The van der Waals surface area contributed by atoms with Crippen molar-refractivity contribution in [1.82, 2.24) is 10.6 Å². The molecule has 0 radical (unpaired) electrons. The zero-order valence-electron chi connectivity index (χ0n) is 18.5. The quantitative estimate of drug-likeness (QED) is 0.427. The lowest BCUT2D eigenvalue weighted by Crippen LogP contribution is -2.25. The summed E-state index contributed by atoms with van der Waals surface area (Å²) in [4.78, 5) is 25.0. The average Bonchev–Trinajstić information content (AvgIpc) is 3.59. The molecule has 7 nitrogen and oxygen atoms in total. The molecule has 1 aliphatic rings. The number of aliphatic hydroxyl groups excluding tert-OH is 2. The lowest BCUT2D eigenvalue weighted by molar-refractivity contribution is 0.0537. The Morgan fingerprint density at radius 3 is 2.47 bits per heavy atom. The molecule has 0 aliphatic heterocycles. The molecule has 0 saturated heterocycles. The number of aryl methyl sites for hydroxylation is 1. The fourth-order valence-electron chi connectivity index (χ4n) is 3.13. The summed E-state index contributed by atoms with van der Waals surface area (Å²) in [6, 6.07) is 10.8. The molecule has 3 rings (SSSR count). The molecule has 2 aromatic rings. The Bertz CT molecular complexity index is 1010. The third-order valence-electron chi connectivity index (χ3n) is 5.14. The van der Waals surface area contributed by atoms with Crippen LogP contribution in [0.3, 0.4) is 0 Å². The highest BCUT2D eigenvalue weighted by Crippen LogP contribution is 2.34. The first-order chi connectivity index (χ1) is 15.3. The topological polar surface area (TPSA) is 108 Å². The van der Waals surface area contributed by atoms with E-state index in [1.54, 1.807) is 30.3 Å². The van der Waals surface area contributed by atoms with E-state index >= 15 is 0 Å². The number of carbonyl (C=O) groups excluding carboxylic acids is 2. The monoisotopic (exact) mass is 438 g/mol. The maximum Gasteiger partial charge on any atom is 0.251 e. The van der Waals surface area contributed by atoms with E-state index in [0.717, 1.165) is 29.5 Å². The summed E-state index contributed by atoms with van der Waals surface area (Å²) < 4.78 is 5.78. The number of hydrogen-bond acceptors (Lipinski definition) is 5. The van der Waals surface area contributed by atoms with E-state index in [1.165, 1.54) is 0 Å². The normalized spacial score (nSPS) is 13.9. The number of benzene rings is 2.